The molecule has 0 bridgehead atoms. The quantitative estimate of drug-likeness (QED) is 0.150. The first-order valence-electron chi connectivity index (χ1n) is 16.1. The van der Waals surface area contributed by atoms with Crippen LogP contribution in [0.15, 0.2) is 133 Å². The van der Waals surface area contributed by atoms with Crippen molar-refractivity contribution in [3.63, 3.8) is 0 Å². The highest BCUT2D eigenvalue weighted by atomic mass is 28.3. The summed E-state index contributed by atoms with van der Waals surface area (Å²) in [5.74, 6) is 0. The number of fused-ring (bicyclic) bond motifs is 10. The highest BCUT2D eigenvalue weighted by Gasteiger charge is 2.42. The molecule has 0 radical (unpaired) electrons. The lowest BCUT2D eigenvalue weighted by atomic mass is 9.90. The molecule has 0 spiro atoms. The summed E-state index contributed by atoms with van der Waals surface area (Å²) in [4.78, 5) is 10.4. The Bertz CT molecular complexity index is 2460. The number of hydrogen-bond acceptors (Lipinski definition) is 2. The third-order valence-electron chi connectivity index (χ3n) is 10.3. The molecular formula is C42H32N2Si. The highest BCUT2D eigenvalue weighted by molar-refractivity contribution is 7.05. The lowest BCUT2D eigenvalue weighted by Gasteiger charge is -2.27. The molecule has 0 unspecified atom stereocenters. The Labute approximate surface area is 264 Å². The molecule has 0 saturated heterocycles. The van der Waals surface area contributed by atoms with Crippen LogP contribution in [-0.4, -0.2) is 18.0 Å². The average Bonchev–Trinajstić information content (AvgIpc) is 3.39. The second kappa shape index (κ2) is 9.95. The molecule has 0 saturated carbocycles. The Morgan fingerprint density at radius 1 is 0.422 bits per heavy atom. The van der Waals surface area contributed by atoms with Gasteiger partial charge in [-0.3, -0.25) is 0 Å². The molecule has 0 fully saturated rings. The van der Waals surface area contributed by atoms with Crippen LogP contribution in [0.4, 0.5) is 0 Å². The van der Waals surface area contributed by atoms with Gasteiger partial charge >= 0.3 is 0 Å². The van der Waals surface area contributed by atoms with Gasteiger partial charge in [-0.15, -0.1) is 0 Å². The minimum atomic E-state index is -1.82. The molecule has 45 heavy (non-hydrogen) atoms. The molecule has 3 heteroatoms. The van der Waals surface area contributed by atoms with E-state index in [0.717, 1.165) is 33.5 Å². The van der Waals surface area contributed by atoms with E-state index < -0.39 is 8.07 Å². The van der Waals surface area contributed by atoms with Crippen molar-refractivity contribution in [1.82, 2.24) is 9.97 Å². The standard InChI is InChI=1S/C42H32N2Si/c1-3-45(4-2)39-21-13-10-18-32(39)36-25-34-31-23-22-28(24-33(31)29-16-8-9-17-30(29)35(34)26-40(36)45)42-41(27-14-6-5-7-15-27)43-37-19-11-12-20-38(37)44-42/h5-26H,3-4H2,1-2H3. The molecule has 0 atom stereocenters. The molecule has 0 aliphatic carbocycles. The van der Waals surface area contributed by atoms with E-state index in [1.54, 1.807) is 10.4 Å². The van der Waals surface area contributed by atoms with Crippen LogP contribution in [0.3, 0.4) is 0 Å². The normalized spacial score (nSPS) is 13.5. The van der Waals surface area contributed by atoms with Gasteiger partial charge in [-0.1, -0.05) is 135 Å². The van der Waals surface area contributed by atoms with Crippen LogP contribution < -0.4 is 10.4 Å². The zero-order valence-corrected chi connectivity index (χ0v) is 26.5. The van der Waals surface area contributed by atoms with Gasteiger partial charge in [-0.25, -0.2) is 9.97 Å². The minimum Gasteiger partial charge on any atom is -0.244 e. The number of aromatic nitrogens is 2. The summed E-state index contributed by atoms with van der Waals surface area (Å²) < 4.78 is 0. The van der Waals surface area contributed by atoms with Crippen LogP contribution in [0.25, 0.3) is 77.0 Å². The van der Waals surface area contributed by atoms with Crippen molar-refractivity contribution in [2.75, 3.05) is 0 Å². The van der Waals surface area contributed by atoms with Gasteiger partial charge < -0.3 is 0 Å². The summed E-state index contributed by atoms with van der Waals surface area (Å²) >= 11 is 0. The molecule has 0 amide bonds. The second-order valence-corrected chi connectivity index (χ2v) is 17.0. The molecule has 8 aromatic rings. The molecule has 214 valence electrons. The maximum atomic E-state index is 5.22. The smallest absolute Gasteiger partial charge is 0.119 e. The van der Waals surface area contributed by atoms with E-state index in [4.69, 9.17) is 9.97 Å². The summed E-state index contributed by atoms with van der Waals surface area (Å²) in [7, 11) is -1.82. The largest absolute Gasteiger partial charge is 0.244 e. The zero-order chi connectivity index (χ0) is 30.1. The fourth-order valence-corrected chi connectivity index (χ4v) is 12.7. The van der Waals surface area contributed by atoms with E-state index in [1.165, 1.54) is 55.5 Å². The van der Waals surface area contributed by atoms with Crippen LogP contribution in [0.5, 0.6) is 0 Å². The SMILES string of the molecule is CC[Si]1(CC)c2ccccc2-c2cc3c4ccc(-c5nc6ccccc6nc5-c5ccccc5)cc4c4ccccc4c3cc21. The number of hydrogen-bond donors (Lipinski definition) is 0. The van der Waals surface area contributed by atoms with E-state index >= 15 is 0 Å². The van der Waals surface area contributed by atoms with Crippen molar-refractivity contribution in [3.8, 4) is 33.6 Å². The third kappa shape index (κ3) is 3.74. The summed E-state index contributed by atoms with van der Waals surface area (Å²) in [5, 5.41) is 11.1. The van der Waals surface area contributed by atoms with Gasteiger partial charge in [0.1, 0.15) is 8.07 Å². The molecule has 9 rings (SSSR count). The van der Waals surface area contributed by atoms with Crippen LogP contribution in [0, 0.1) is 0 Å². The third-order valence-corrected chi connectivity index (χ3v) is 15.6. The van der Waals surface area contributed by atoms with Crippen LogP contribution in [0.1, 0.15) is 13.8 Å². The van der Waals surface area contributed by atoms with Gasteiger partial charge in [0, 0.05) is 11.1 Å². The van der Waals surface area contributed by atoms with Gasteiger partial charge in [0.05, 0.1) is 22.4 Å². The van der Waals surface area contributed by atoms with Crippen molar-refractivity contribution in [1.29, 1.82) is 0 Å². The topological polar surface area (TPSA) is 25.8 Å². The molecule has 1 aliphatic rings. The molecule has 2 nitrogen and oxygen atoms in total. The van der Waals surface area contributed by atoms with Crippen molar-refractivity contribution in [2.45, 2.75) is 25.9 Å². The van der Waals surface area contributed by atoms with Gasteiger partial charge in [0.2, 0.25) is 0 Å². The molecular weight excluding hydrogens is 561 g/mol. The average molecular weight is 593 g/mol. The van der Waals surface area contributed by atoms with Crippen LogP contribution >= 0.6 is 0 Å². The summed E-state index contributed by atoms with van der Waals surface area (Å²) in [6.45, 7) is 4.82. The van der Waals surface area contributed by atoms with E-state index in [1.807, 2.05) is 24.3 Å². The molecule has 7 aromatic carbocycles. The molecule has 1 aromatic heterocycles. The molecule has 1 aliphatic heterocycles. The van der Waals surface area contributed by atoms with Gasteiger partial charge in [-0.05, 0) is 78.1 Å². The summed E-state index contributed by atoms with van der Waals surface area (Å²) in [6, 6.07) is 51.3. The Morgan fingerprint density at radius 2 is 0.978 bits per heavy atom. The van der Waals surface area contributed by atoms with Gasteiger partial charge in [0.15, 0.2) is 0 Å². The highest BCUT2D eigenvalue weighted by Crippen LogP contribution is 2.42. The molecule has 0 N–H and O–H groups in total. The first kappa shape index (κ1) is 26.3. The second-order valence-electron chi connectivity index (χ2n) is 12.4. The van der Waals surface area contributed by atoms with E-state index in [2.05, 4.69) is 123 Å². The number of benzene rings is 7. The number of para-hydroxylation sites is 2. The number of rotatable bonds is 4. The summed E-state index contributed by atoms with van der Waals surface area (Å²) in [5.41, 5.74) is 8.68. The van der Waals surface area contributed by atoms with E-state index in [9.17, 15) is 0 Å². The number of nitrogens with zero attached hydrogens (tertiary/aromatic N) is 2. The molecule has 2 heterocycles. The van der Waals surface area contributed by atoms with E-state index in [0.29, 0.717) is 0 Å². The van der Waals surface area contributed by atoms with Gasteiger partial charge in [0.25, 0.3) is 0 Å². The van der Waals surface area contributed by atoms with E-state index in [-0.39, 0.29) is 0 Å². The first-order valence-corrected chi connectivity index (χ1v) is 18.5. The van der Waals surface area contributed by atoms with Crippen molar-refractivity contribution < 1.29 is 0 Å². The first-order chi connectivity index (χ1) is 22.2. The Balaban J connectivity index is 1.36. The van der Waals surface area contributed by atoms with Crippen molar-refractivity contribution in [3.05, 3.63) is 133 Å². The predicted octanol–water partition coefficient (Wildman–Crippen LogP) is 10.0. The lowest BCUT2D eigenvalue weighted by molar-refractivity contribution is 1.29. The monoisotopic (exact) mass is 592 g/mol. The maximum absolute atomic E-state index is 5.22. The fraction of sp³-hybridized carbons (Fsp3) is 0.0952. The van der Waals surface area contributed by atoms with Gasteiger partial charge in [-0.2, -0.15) is 0 Å². The van der Waals surface area contributed by atoms with Crippen LogP contribution in [0.2, 0.25) is 12.1 Å². The van der Waals surface area contributed by atoms with Crippen LogP contribution in [-0.2, 0) is 0 Å². The Kier molecular flexibility index (Phi) is 5.81. The van der Waals surface area contributed by atoms with Crippen molar-refractivity contribution in [2.24, 2.45) is 0 Å². The Morgan fingerprint density at radius 3 is 1.69 bits per heavy atom. The fourth-order valence-electron chi connectivity index (χ4n) is 8.06. The van der Waals surface area contributed by atoms with Crippen molar-refractivity contribution >= 4 is 61.8 Å². The minimum absolute atomic E-state index is 0.907. The maximum Gasteiger partial charge on any atom is 0.119 e. The lowest BCUT2D eigenvalue weighted by Crippen LogP contribution is -2.53. The predicted molar refractivity (Wildman–Crippen MR) is 194 cm³/mol. The summed E-state index contributed by atoms with van der Waals surface area (Å²) in [6.07, 6.45) is 0. The Hall–Kier alpha value is -5.12. The zero-order valence-electron chi connectivity index (χ0n) is 25.5.